The molecule has 0 radical (unpaired) electrons. The molecule has 2 atom stereocenters. The molecule has 0 unspecified atom stereocenters. The van der Waals surface area contributed by atoms with Crippen molar-refractivity contribution in [3.05, 3.63) is 67.7 Å². The third kappa shape index (κ3) is 3.04. The fraction of sp³-hybridized carbons (Fsp3) is 0.350. The number of aryl methyl sites for hydroxylation is 1. The van der Waals surface area contributed by atoms with Gasteiger partial charge < -0.3 is 9.80 Å². The lowest BCUT2D eigenvalue weighted by Gasteiger charge is -2.36. The zero-order chi connectivity index (χ0) is 19.3. The Hall–Kier alpha value is -2.25. The highest BCUT2D eigenvalue weighted by molar-refractivity contribution is 9.10. The third-order valence-electron chi connectivity index (χ3n) is 5.56. The lowest BCUT2D eigenvalue weighted by molar-refractivity contribution is -0.385. The maximum atomic E-state index is 13.4. The molecule has 1 fully saturated rings. The summed E-state index contributed by atoms with van der Waals surface area (Å²) in [6.07, 6.45) is 0.888. The van der Waals surface area contributed by atoms with Crippen LogP contribution in [0.5, 0.6) is 0 Å². The number of nitrogens with zero attached hydrogens (tertiary/aromatic N) is 3. The molecular weight excluding hydrogens is 410 g/mol. The molecule has 2 aliphatic heterocycles. The molecular formula is C20H20BrN3O3. The minimum atomic E-state index is -0.472. The van der Waals surface area contributed by atoms with Crippen molar-refractivity contribution >= 4 is 33.2 Å². The predicted octanol–water partition coefficient (Wildman–Crippen LogP) is 4.11. The zero-order valence-electron chi connectivity index (χ0n) is 15.2. The summed E-state index contributed by atoms with van der Waals surface area (Å²) < 4.78 is 0.374. The number of likely N-dealkylation sites (tertiary alicyclic amines) is 1. The molecule has 0 aromatic heterocycles. The van der Waals surface area contributed by atoms with Crippen molar-refractivity contribution in [2.24, 2.45) is 0 Å². The Balaban J connectivity index is 1.78. The number of hydrogen-bond acceptors (Lipinski definition) is 4. The molecule has 2 aliphatic rings. The average Bonchev–Trinajstić information content (AvgIpc) is 2.94. The maximum Gasteiger partial charge on any atom is 0.284 e. The van der Waals surface area contributed by atoms with E-state index in [0.717, 1.165) is 25.2 Å². The SMILES string of the molecule is Cc1ccc2c(c1)[C@H]1CN(C)CC[C@@H]1N2C(=O)c1ccc(Br)c([N+](=O)[O-])c1. The van der Waals surface area contributed by atoms with Gasteiger partial charge in [0, 0.05) is 35.8 Å². The van der Waals surface area contributed by atoms with E-state index >= 15 is 0 Å². The molecule has 0 aliphatic carbocycles. The highest BCUT2D eigenvalue weighted by Crippen LogP contribution is 2.45. The lowest BCUT2D eigenvalue weighted by atomic mass is 9.88. The van der Waals surface area contributed by atoms with E-state index in [0.29, 0.717) is 10.0 Å². The molecule has 2 heterocycles. The van der Waals surface area contributed by atoms with Gasteiger partial charge in [0.25, 0.3) is 11.6 Å². The number of likely N-dealkylation sites (N-methyl/N-ethyl adjacent to an activating group) is 1. The molecule has 27 heavy (non-hydrogen) atoms. The second kappa shape index (κ2) is 6.73. The molecule has 6 nitrogen and oxygen atoms in total. The number of nitro benzene ring substituents is 1. The van der Waals surface area contributed by atoms with Gasteiger partial charge in [0.05, 0.1) is 9.40 Å². The van der Waals surface area contributed by atoms with Crippen LogP contribution in [0.25, 0.3) is 0 Å². The number of amides is 1. The predicted molar refractivity (Wildman–Crippen MR) is 107 cm³/mol. The molecule has 0 saturated carbocycles. The second-order valence-corrected chi connectivity index (χ2v) is 8.24. The van der Waals surface area contributed by atoms with Crippen LogP contribution in [0.15, 0.2) is 40.9 Å². The molecule has 140 valence electrons. The Bertz CT molecular complexity index is 946. The summed E-state index contributed by atoms with van der Waals surface area (Å²) in [7, 11) is 2.11. The summed E-state index contributed by atoms with van der Waals surface area (Å²) >= 11 is 3.19. The van der Waals surface area contributed by atoms with Crippen molar-refractivity contribution in [2.45, 2.75) is 25.3 Å². The summed E-state index contributed by atoms with van der Waals surface area (Å²) in [5, 5.41) is 11.3. The minimum Gasteiger partial charge on any atom is -0.306 e. The molecule has 0 bridgehead atoms. The van der Waals surface area contributed by atoms with E-state index in [4.69, 9.17) is 0 Å². The van der Waals surface area contributed by atoms with Crippen LogP contribution >= 0.6 is 15.9 Å². The summed E-state index contributed by atoms with van der Waals surface area (Å²) in [6.45, 7) is 3.90. The van der Waals surface area contributed by atoms with E-state index in [1.54, 1.807) is 12.1 Å². The van der Waals surface area contributed by atoms with Crippen LogP contribution in [0.3, 0.4) is 0 Å². The van der Waals surface area contributed by atoms with Gasteiger partial charge >= 0.3 is 0 Å². The van der Waals surface area contributed by atoms with Crippen molar-refractivity contribution in [1.29, 1.82) is 0 Å². The number of fused-ring (bicyclic) bond motifs is 3. The number of carbonyl (C=O) groups excluding carboxylic acids is 1. The summed E-state index contributed by atoms with van der Waals surface area (Å²) in [5.74, 6) is 0.0980. The first kappa shape index (κ1) is 18.1. The first-order chi connectivity index (χ1) is 12.9. The molecule has 1 saturated heterocycles. The van der Waals surface area contributed by atoms with Gasteiger partial charge in [-0.05, 0) is 66.6 Å². The monoisotopic (exact) mass is 429 g/mol. The molecule has 2 aromatic carbocycles. The normalized spacial score (nSPS) is 21.7. The largest absolute Gasteiger partial charge is 0.306 e. The standard InChI is InChI=1S/C20H20BrN3O3/c1-12-3-6-17-14(9-12)15-11-22(2)8-7-18(15)23(17)20(25)13-4-5-16(21)19(10-13)24(26)27/h3-6,9-10,15,18H,7-8,11H2,1-2H3/t15-,18+/m1/s1. The number of piperidine rings is 1. The van der Waals surface area contributed by atoms with Crippen LogP contribution in [0.1, 0.15) is 33.8 Å². The van der Waals surface area contributed by atoms with Crippen molar-refractivity contribution in [3.63, 3.8) is 0 Å². The van der Waals surface area contributed by atoms with E-state index in [2.05, 4.69) is 40.9 Å². The van der Waals surface area contributed by atoms with Gasteiger partial charge in [-0.3, -0.25) is 14.9 Å². The fourth-order valence-electron chi connectivity index (χ4n) is 4.27. The highest BCUT2D eigenvalue weighted by atomic mass is 79.9. The Kier molecular flexibility index (Phi) is 4.52. The summed E-state index contributed by atoms with van der Waals surface area (Å²) in [4.78, 5) is 28.3. The van der Waals surface area contributed by atoms with Crippen molar-refractivity contribution < 1.29 is 9.72 Å². The first-order valence-corrected chi connectivity index (χ1v) is 9.72. The van der Waals surface area contributed by atoms with E-state index in [-0.39, 0.29) is 23.6 Å². The van der Waals surface area contributed by atoms with Gasteiger partial charge in [-0.2, -0.15) is 0 Å². The Labute approximate surface area is 166 Å². The van der Waals surface area contributed by atoms with Crippen molar-refractivity contribution in [1.82, 2.24) is 4.90 Å². The number of benzene rings is 2. The van der Waals surface area contributed by atoms with Crippen LogP contribution in [0, 0.1) is 17.0 Å². The Morgan fingerprint density at radius 2 is 2.04 bits per heavy atom. The molecule has 1 amide bonds. The number of carbonyl (C=O) groups is 1. The number of rotatable bonds is 2. The van der Waals surface area contributed by atoms with Crippen LogP contribution in [-0.2, 0) is 0 Å². The van der Waals surface area contributed by atoms with Crippen molar-refractivity contribution in [3.8, 4) is 0 Å². The molecule has 7 heteroatoms. The van der Waals surface area contributed by atoms with Crippen molar-refractivity contribution in [2.75, 3.05) is 25.0 Å². The first-order valence-electron chi connectivity index (χ1n) is 8.93. The van der Waals surface area contributed by atoms with Crippen LogP contribution in [0.2, 0.25) is 0 Å². The van der Waals surface area contributed by atoms with Gasteiger partial charge in [-0.25, -0.2) is 0 Å². The average molecular weight is 430 g/mol. The molecule has 0 N–H and O–H groups in total. The van der Waals surface area contributed by atoms with Gasteiger partial charge in [0.2, 0.25) is 0 Å². The number of anilines is 1. The van der Waals surface area contributed by atoms with E-state index in [9.17, 15) is 14.9 Å². The number of hydrogen-bond donors (Lipinski definition) is 0. The molecule has 2 aromatic rings. The smallest absolute Gasteiger partial charge is 0.284 e. The Morgan fingerprint density at radius 1 is 1.26 bits per heavy atom. The highest BCUT2D eigenvalue weighted by Gasteiger charge is 2.44. The van der Waals surface area contributed by atoms with E-state index < -0.39 is 4.92 Å². The maximum absolute atomic E-state index is 13.4. The summed E-state index contributed by atoms with van der Waals surface area (Å²) in [6, 6.07) is 10.9. The van der Waals surface area contributed by atoms with E-state index in [1.807, 2.05) is 17.0 Å². The van der Waals surface area contributed by atoms with Gasteiger partial charge in [0.1, 0.15) is 0 Å². The minimum absolute atomic E-state index is 0.0909. The topological polar surface area (TPSA) is 66.7 Å². The van der Waals surface area contributed by atoms with E-state index in [1.165, 1.54) is 17.2 Å². The van der Waals surface area contributed by atoms with Gasteiger partial charge in [-0.1, -0.05) is 17.7 Å². The second-order valence-electron chi connectivity index (χ2n) is 7.39. The molecule has 4 rings (SSSR count). The Morgan fingerprint density at radius 3 is 2.78 bits per heavy atom. The third-order valence-corrected chi connectivity index (χ3v) is 6.23. The zero-order valence-corrected chi connectivity index (χ0v) is 16.8. The fourth-order valence-corrected chi connectivity index (χ4v) is 4.66. The molecule has 0 spiro atoms. The lowest BCUT2D eigenvalue weighted by Crippen LogP contribution is -2.47. The quantitative estimate of drug-likeness (QED) is 0.531. The van der Waals surface area contributed by atoms with Gasteiger partial charge in [-0.15, -0.1) is 0 Å². The number of nitro groups is 1. The summed E-state index contributed by atoms with van der Waals surface area (Å²) in [5.41, 5.74) is 3.56. The van der Waals surface area contributed by atoms with Crippen LogP contribution in [0.4, 0.5) is 11.4 Å². The van der Waals surface area contributed by atoms with Gasteiger partial charge in [0.15, 0.2) is 0 Å². The number of halogens is 1. The van der Waals surface area contributed by atoms with Crippen LogP contribution in [-0.4, -0.2) is 41.9 Å². The van der Waals surface area contributed by atoms with Crippen LogP contribution < -0.4 is 4.90 Å².